The van der Waals surface area contributed by atoms with Gasteiger partial charge in [0.05, 0.1) is 19.3 Å². The number of carbonyl (C=O) groups is 1. The fraction of sp³-hybridized carbons (Fsp3) is 0.429. The highest BCUT2D eigenvalue weighted by molar-refractivity contribution is 5.85. The second-order valence-electron chi connectivity index (χ2n) is 2.04. The molecule has 0 saturated heterocycles. The molecule has 0 unspecified atom stereocenters. The summed E-state index contributed by atoms with van der Waals surface area (Å²) in [6.07, 6.45) is 1.31. The van der Waals surface area contributed by atoms with Crippen molar-refractivity contribution in [2.75, 3.05) is 6.61 Å². The van der Waals surface area contributed by atoms with Crippen LogP contribution in [0.2, 0.25) is 0 Å². The summed E-state index contributed by atoms with van der Waals surface area (Å²) in [5.74, 6) is -0.0833. The van der Waals surface area contributed by atoms with Crippen LogP contribution >= 0.6 is 0 Å². The second kappa shape index (κ2) is 3.87. The van der Waals surface area contributed by atoms with E-state index in [4.69, 9.17) is 10.2 Å². The number of nitrogens with two attached hydrogens (primary N) is 1. The van der Waals surface area contributed by atoms with E-state index in [9.17, 15) is 4.79 Å². The predicted octanol–water partition coefficient (Wildman–Crippen LogP) is 0.310. The van der Waals surface area contributed by atoms with Crippen molar-refractivity contribution in [3.8, 4) is 0 Å². The van der Waals surface area contributed by atoms with Crippen LogP contribution in [-0.4, -0.2) is 17.6 Å². The molecule has 1 heterocycles. The van der Waals surface area contributed by atoms with E-state index in [1.807, 2.05) is 0 Å². The first-order chi connectivity index (χ1) is 5.77. The quantitative estimate of drug-likeness (QED) is 0.660. The maximum absolute atomic E-state index is 11.0. The standard InChI is InChI=1S/C7H10N2O3/c1-2-11-7(10)5-4-9-6(3-8)12-5/h4H,2-3,8H2,1H3. The Morgan fingerprint density at radius 1 is 1.83 bits per heavy atom. The molecule has 0 aliphatic rings. The van der Waals surface area contributed by atoms with E-state index in [2.05, 4.69) is 9.72 Å². The lowest BCUT2D eigenvalue weighted by atomic mass is 10.5. The van der Waals surface area contributed by atoms with Gasteiger partial charge in [-0.3, -0.25) is 0 Å². The van der Waals surface area contributed by atoms with Crippen molar-refractivity contribution in [1.82, 2.24) is 4.98 Å². The van der Waals surface area contributed by atoms with E-state index in [0.29, 0.717) is 12.5 Å². The Morgan fingerprint density at radius 2 is 2.58 bits per heavy atom. The average molecular weight is 170 g/mol. The second-order valence-corrected chi connectivity index (χ2v) is 2.04. The fourth-order valence-electron chi connectivity index (χ4n) is 0.701. The fourth-order valence-corrected chi connectivity index (χ4v) is 0.701. The minimum Gasteiger partial charge on any atom is -0.460 e. The van der Waals surface area contributed by atoms with Gasteiger partial charge in [-0.2, -0.15) is 0 Å². The normalized spacial score (nSPS) is 9.83. The molecule has 12 heavy (non-hydrogen) atoms. The summed E-state index contributed by atoms with van der Waals surface area (Å²) in [7, 11) is 0. The Morgan fingerprint density at radius 3 is 3.08 bits per heavy atom. The molecule has 0 saturated carbocycles. The van der Waals surface area contributed by atoms with E-state index in [-0.39, 0.29) is 12.3 Å². The van der Waals surface area contributed by atoms with Crippen LogP contribution in [0.15, 0.2) is 10.6 Å². The van der Waals surface area contributed by atoms with Gasteiger partial charge in [0, 0.05) is 0 Å². The lowest BCUT2D eigenvalue weighted by Crippen LogP contribution is -2.02. The molecular formula is C7H10N2O3. The van der Waals surface area contributed by atoms with Gasteiger partial charge in [-0.1, -0.05) is 0 Å². The summed E-state index contributed by atoms with van der Waals surface area (Å²) in [5, 5.41) is 0. The highest BCUT2D eigenvalue weighted by Crippen LogP contribution is 2.04. The van der Waals surface area contributed by atoms with Crippen molar-refractivity contribution < 1.29 is 13.9 Å². The maximum atomic E-state index is 11.0. The molecule has 0 atom stereocenters. The SMILES string of the molecule is CCOC(=O)c1cnc(CN)o1. The average Bonchev–Trinajstić information content (AvgIpc) is 2.52. The smallest absolute Gasteiger partial charge is 0.375 e. The van der Waals surface area contributed by atoms with Gasteiger partial charge in [-0.15, -0.1) is 0 Å². The van der Waals surface area contributed by atoms with Crippen molar-refractivity contribution in [2.45, 2.75) is 13.5 Å². The van der Waals surface area contributed by atoms with Gasteiger partial charge in [-0.05, 0) is 6.92 Å². The van der Waals surface area contributed by atoms with Gasteiger partial charge in [0.1, 0.15) is 0 Å². The molecule has 0 bridgehead atoms. The van der Waals surface area contributed by atoms with Gasteiger partial charge >= 0.3 is 5.97 Å². The Bertz CT molecular complexity index is 269. The van der Waals surface area contributed by atoms with Crippen LogP contribution in [0.3, 0.4) is 0 Å². The van der Waals surface area contributed by atoms with E-state index < -0.39 is 5.97 Å². The number of aromatic nitrogens is 1. The van der Waals surface area contributed by atoms with E-state index in [1.54, 1.807) is 6.92 Å². The summed E-state index contributed by atoms with van der Waals surface area (Å²) < 4.78 is 9.61. The van der Waals surface area contributed by atoms with Crippen molar-refractivity contribution in [1.29, 1.82) is 0 Å². The Kier molecular flexibility index (Phi) is 2.82. The highest BCUT2D eigenvalue weighted by Gasteiger charge is 2.11. The molecule has 2 N–H and O–H groups in total. The number of esters is 1. The first kappa shape index (κ1) is 8.73. The molecule has 0 aliphatic carbocycles. The molecule has 0 aliphatic heterocycles. The van der Waals surface area contributed by atoms with Crippen LogP contribution in [0.25, 0.3) is 0 Å². The first-order valence-electron chi connectivity index (χ1n) is 3.59. The Labute approximate surface area is 69.5 Å². The zero-order chi connectivity index (χ0) is 8.97. The number of rotatable bonds is 3. The van der Waals surface area contributed by atoms with Crippen molar-refractivity contribution in [3.05, 3.63) is 17.8 Å². The topological polar surface area (TPSA) is 78.3 Å². The van der Waals surface area contributed by atoms with Crippen molar-refractivity contribution in [3.63, 3.8) is 0 Å². The van der Waals surface area contributed by atoms with Gasteiger partial charge in [-0.25, -0.2) is 9.78 Å². The molecule has 66 valence electrons. The van der Waals surface area contributed by atoms with Gasteiger partial charge in [0.2, 0.25) is 11.7 Å². The van der Waals surface area contributed by atoms with Crippen LogP contribution in [0.5, 0.6) is 0 Å². The van der Waals surface area contributed by atoms with Gasteiger partial charge in [0.25, 0.3) is 0 Å². The van der Waals surface area contributed by atoms with Crippen LogP contribution in [0.4, 0.5) is 0 Å². The number of hydrogen-bond acceptors (Lipinski definition) is 5. The minimum atomic E-state index is -0.510. The summed E-state index contributed by atoms with van der Waals surface area (Å²) in [5.41, 5.74) is 5.23. The zero-order valence-electron chi connectivity index (χ0n) is 6.74. The molecule has 0 spiro atoms. The summed E-state index contributed by atoms with van der Waals surface area (Å²) in [6.45, 7) is 2.22. The van der Waals surface area contributed by atoms with Crippen LogP contribution in [-0.2, 0) is 11.3 Å². The van der Waals surface area contributed by atoms with Crippen molar-refractivity contribution in [2.24, 2.45) is 5.73 Å². The summed E-state index contributed by atoms with van der Waals surface area (Å²) in [6, 6.07) is 0. The third kappa shape index (κ3) is 1.82. The Balaban J connectivity index is 2.68. The molecule has 1 rings (SSSR count). The molecule has 0 radical (unpaired) electrons. The number of nitrogens with zero attached hydrogens (tertiary/aromatic N) is 1. The van der Waals surface area contributed by atoms with Gasteiger partial charge in [0.15, 0.2) is 0 Å². The summed E-state index contributed by atoms with van der Waals surface area (Å²) >= 11 is 0. The first-order valence-corrected chi connectivity index (χ1v) is 3.59. The minimum absolute atomic E-state index is 0.0947. The molecular weight excluding hydrogens is 160 g/mol. The van der Waals surface area contributed by atoms with Crippen LogP contribution < -0.4 is 5.73 Å². The van der Waals surface area contributed by atoms with E-state index in [0.717, 1.165) is 0 Å². The molecule has 5 heteroatoms. The Hall–Kier alpha value is -1.36. The van der Waals surface area contributed by atoms with E-state index >= 15 is 0 Å². The lowest BCUT2D eigenvalue weighted by molar-refractivity contribution is 0.0488. The molecule has 5 nitrogen and oxygen atoms in total. The molecule has 0 amide bonds. The largest absolute Gasteiger partial charge is 0.460 e. The predicted molar refractivity (Wildman–Crippen MR) is 40.4 cm³/mol. The number of carbonyl (C=O) groups excluding carboxylic acids is 1. The van der Waals surface area contributed by atoms with Crippen LogP contribution in [0.1, 0.15) is 23.4 Å². The number of ether oxygens (including phenoxy) is 1. The third-order valence-corrected chi connectivity index (χ3v) is 1.20. The van der Waals surface area contributed by atoms with E-state index in [1.165, 1.54) is 6.20 Å². The van der Waals surface area contributed by atoms with Gasteiger partial charge < -0.3 is 14.9 Å². The molecule has 1 aromatic rings. The monoisotopic (exact) mass is 170 g/mol. The maximum Gasteiger partial charge on any atom is 0.375 e. The van der Waals surface area contributed by atoms with Crippen LogP contribution in [0, 0.1) is 0 Å². The number of hydrogen-bond donors (Lipinski definition) is 1. The molecule has 0 fully saturated rings. The lowest BCUT2D eigenvalue weighted by Gasteiger charge is -1.95. The van der Waals surface area contributed by atoms with Crippen molar-refractivity contribution >= 4 is 5.97 Å². The third-order valence-electron chi connectivity index (χ3n) is 1.20. The highest BCUT2D eigenvalue weighted by atomic mass is 16.5. The number of oxazole rings is 1. The molecule has 1 aromatic heterocycles. The zero-order valence-corrected chi connectivity index (χ0v) is 6.74. The summed E-state index contributed by atoms with van der Waals surface area (Å²) in [4.78, 5) is 14.7. The molecule has 0 aromatic carbocycles.